The van der Waals surface area contributed by atoms with E-state index in [0.717, 1.165) is 5.75 Å². The summed E-state index contributed by atoms with van der Waals surface area (Å²) in [4.78, 5) is 0. The maximum Gasteiger partial charge on any atom is 0.133 e. The maximum atomic E-state index is 10.1. The molecule has 94 valence electrons. The average molecular weight is 263 g/mol. The molecule has 2 rings (SSSR count). The number of hydrogen-bond donors (Lipinski definition) is 1. The van der Waals surface area contributed by atoms with E-state index >= 15 is 0 Å². The summed E-state index contributed by atoms with van der Waals surface area (Å²) in [5, 5.41) is 10.7. The second kappa shape index (κ2) is 5.01. The Labute approximate surface area is 112 Å². The lowest BCUT2D eigenvalue weighted by Crippen LogP contribution is -2.16. The molecule has 2 aromatic carbocycles. The Hall–Kier alpha value is -1.51. The van der Waals surface area contributed by atoms with E-state index < -0.39 is 5.60 Å². The molecule has 0 amide bonds. The van der Waals surface area contributed by atoms with Crippen LogP contribution in [0.4, 0.5) is 0 Å². The van der Waals surface area contributed by atoms with Crippen molar-refractivity contribution in [3.8, 4) is 11.5 Å². The molecule has 1 N–H and O–H groups in total. The van der Waals surface area contributed by atoms with Crippen molar-refractivity contribution in [2.24, 2.45) is 0 Å². The summed E-state index contributed by atoms with van der Waals surface area (Å²) >= 11 is 5.96. The largest absolute Gasteiger partial charge is 0.457 e. The monoisotopic (exact) mass is 262 g/mol. The normalized spacial score (nSPS) is 11.3. The van der Waals surface area contributed by atoms with Crippen molar-refractivity contribution >= 4 is 11.6 Å². The molecular weight excluding hydrogens is 248 g/mol. The van der Waals surface area contributed by atoms with Crippen LogP contribution in [0.15, 0.2) is 48.5 Å². The van der Waals surface area contributed by atoms with Gasteiger partial charge in [-0.25, -0.2) is 0 Å². The average Bonchev–Trinajstić information content (AvgIpc) is 2.31. The van der Waals surface area contributed by atoms with Crippen LogP contribution in [0.3, 0.4) is 0 Å². The summed E-state index contributed by atoms with van der Waals surface area (Å²) < 4.78 is 5.77. The Morgan fingerprint density at radius 3 is 2.33 bits per heavy atom. The van der Waals surface area contributed by atoms with E-state index in [1.165, 1.54) is 0 Å². The van der Waals surface area contributed by atoms with E-state index in [-0.39, 0.29) is 0 Å². The molecule has 18 heavy (non-hydrogen) atoms. The van der Waals surface area contributed by atoms with Crippen molar-refractivity contribution in [3.05, 3.63) is 59.1 Å². The third-order valence-corrected chi connectivity index (χ3v) is 2.81. The van der Waals surface area contributed by atoms with Crippen LogP contribution in [0.5, 0.6) is 11.5 Å². The highest BCUT2D eigenvalue weighted by atomic mass is 35.5. The van der Waals surface area contributed by atoms with Gasteiger partial charge in [0.1, 0.15) is 11.5 Å². The molecule has 0 heterocycles. The van der Waals surface area contributed by atoms with Crippen LogP contribution in [-0.2, 0) is 5.60 Å². The third-order valence-electron chi connectivity index (χ3n) is 2.57. The highest BCUT2D eigenvalue weighted by Gasteiger charge is 2.21. The minimum Gasteiger partial charge on any atom is -0.457 e. The van der Waals surface area contributed by atoms with Gasteiger partial charge in [-0.15, -0.1) is 0 Å². The molecule has 3 heteroatoms. The molecule has 0 unspecified atom stereocenters. The molecule has 0 aliphatic rings. The number of rotatable bonds is 3. The predicted octanol–water partition coefficient (Wildman–Crippen LogP) is 4.36. The van der Waals surface area contributed by atoms with E-state index in [4.69, 9.17) is 16.3 Å². The van der Waals surface area contributed by atoms with Crippen LogP contribution in [0, 0.1) is 0 Å². The first-order chi connectivity index (χ1) is 8.47. The van der Waals surface area contributed by atoms with Gasteiger partial charge >= 0.3 is 0 Å². The molecule has 0 atom stereocenters. The van der Waals surface area contributed by atoms with E-state index in [9.17, 15) is 5.11 Å². The topological polar surface area (TPSA) is 29.5 Å². The number of para-hydroxylation sites is 1. The van der Waals surface area contributed by atoms with Gasteiger partial charge < -0.3 is 9.84 Å². The summed E-state index contributed by atoms with van der Waals surface area (Å²) in [6.45, 7) is 3.41. The van der Waals surface area contributed by atoms with Crippen LogP contribution in [-0.4, -0.2) is 5.11 Å². The second-order valence-electron chi connectivity index (χ2n) is 4.61. The van der Waals surface area contributed by atoms with Crippen LogP contribution in [0.1, 0.15) is 19.4 Å². The molecule has 0 aliphatic heterocycles. The molecule has 0 aromatic heterocycles. The number of aliphatic hydroxyl groups is 1. The van der Waals surface area contributed by atoms with E-state index in [1.807, 2.05) is 30.3 Å². The molecular formula is C15H15ClO2. The van der Waals surface area contributed by atoms with Gasteiger partial charge in [0, 0.05) is 10.6 Å². The lowest BCUT2D eigenvalue weighted by atomic mass is 9.97. The minimum atomic E-state index is -1.00. The number of benzene rings is 2. The zero-order chi connectivity index (χ0) is 13.2. The Morgan fingerprint density at radius 1 is 1.06 bits per heavy atom. The van der Waals surface area contributed by atoms with E-state index in [0.29, 0.717) is 16.3 Å². The van der Waals surface area contributed by atoms with Gasteiger partial charge in [0.15, 0.2) is 0 Å². The van der Waals surface area contributed by atoms with E-state index in [1.54, 1.807) is 32.0 Å². The fourth-order valence-electron chi connectivity index (χ4n) is 1.68. The van der Waals surface area contributed by atoms with Crippen molar-refractivity contribution in [3.63, 3.8) is 0 Å². The second-order valence-corrected chi connectivity index (χ2v) is 5.05. The summed E-state index contributed by atoms with van der Waals surface area (Å²) in [6, 6.07) is 14.7. The first-order valence-corrected chi connectivity index (χ1v) is 6.10. The van der Waals surface area contributed by atoms with Gasteiger partial charge in [-0.1, -0.05) is 29.8 Å². The van der Waals surface area contributed by atoms with Gasteiger partial charge in [-0.3, -0.25) is 0 Å². The summed E-state index contributed by atoms with van der Waals surface area (Å²) in [5.41, 5.74) is -0.339. The fourth-order valence-corrected chi connectivity index (χ4v) is 1.86. The van der Waals surface area contributed by atoms with Gasteiger partial charge in [-0.2, -0.15) is 0 Å². The molecule has 0 spiro atoms. The van der Waals surface area contributed by atoms with Gasteiger partial charge in [-0.05, 0) is 44.2 Å². The molecule has 2 nitrogen and oxygen atoms in total. The quantitative estimate of drug-likeness (QED) is 0.891. The summed E-state index contributed by atoms with van der Waals surface area (Å²) in [5.74, 6) is 1.34. The number of halogens is 1. The lowest BCUT2D eigenvalue weighted by molar-refractivity contribution is 0.0762. The van der Waals surface area contributed by atoms with Crippen LogP contribution < -0.4 is 4.74 Å². The Morgan fingerprint density at radius 2 is 1.72 bits per heavy atom. The number of ether oxygens (including phenoxy) is 1. The fraction of sp³-hybridized carbons (Fsp3) is 0.200. The maximum absolute atomic E-state index is 10.1. The highest BCUT2D eigenvalue weighted by Crippen LogP contribution is 2.34. The van der Waals surface area contributed by atoms with Crippen molar-refractivity contribution in [1.82, 2.24) is 0 Å². The van der Waals surface area contributed by atoms with Crippen LogP contribution in [0.2, 0.25) is 5.02 Å². The van der Waals surface area contributed by atoms with Crippen LogP contribution >= 0.6 is 11.6 Å². The standard InChI is InChI=1S/C15H15ClO2/c1-15(2,17)13-10-11(16)8-9-14(13)18-12-6-4-3-5-7-12/h3-10,17H,1-2H3. The van der Waals surface area contributed by atoms with Crippen molar-refractivity contribution in [1.29, 1.82) is 0 Å². The molecule has 0 radical (unpaired) electrons. The summed E-state index contributed by atoms with van der Waals surface area (Å²) in [7, 11) is 0. The minimum absolute atomic E-state index is 0.576. The predicted molar refractivity (Wildman–Crippen MR) is 73.2 cm³/mol. The lowest BCUT2D eigenvalue weighted by Gasteiger charge is -2.21. The Kier molecular flexibility index (Phi) is 3.60. The Bertz CT molecular complexity index is 530. The number of hydrogen-bond acceptors (Lipinski definition) is 2. The smallest absolute Gasteiger partial charge is 0.133 e. The highest BCUT2D eigenvalue weighted by molar-refractivity contribution is 6.30. The van der Waals surface area contributed by atoms with E-state index in [2.05, 4.69) is 0 Å². The van der Waals surface area contributed by atoms with Gasteiger partial charge in [0.25, 0.3) is 0 Å². The van der Waals surface area contributed by atoms with Gasteiger partial charge in [0.05, 0.1) is 5.60 Å². The molecule has 0 saturated carbocycles. The zero-order valence-electron chi connectivity index (χ0n) is 10.4. The molecule has 2 aromatic rings. The Balaban J connectivity index is 2.39. The summed E-state index contributed by atoms with van der Waals surface area (Å²) in [6.07, 6.45) is 0. The third kappa shape index (κ3) is 3.03. The molecule has 0 aliphatic carbocycles. The van der Waals surface area contributed by atoms with Crippen molar-refractivity contribution < 1.29 is 9.84 Å². The molecule has 0 saturated heterocycles. The first kappa shape index (κ1) is 12.9. The molecule has 0 fully saturated rings. The van der Waals surface area contributed by atoms with Crippen LogP contribution in [0.25, 0.3) is 0 Å². The zero-order valence-corrected chi connectivity index (χ0v) is 11.1. The van der Waals surface area contributed by atoms with Crippen molar-refractivity contribution in [2.45, 2.75) is 19.4 Å². The molecule has 0 bridgehead atoms. The van der Waals surface area contributed by atoms with Crippen molar-refractivity contribution in [2.75, 3.05) is 0 Å². The first-order valence-electron chi connectivity index (χ1n) is 5.72. The van der Waals surface area contributed by atoms with Gasteiger partial charge in [0.2, 0.25) is 0 Å². The SMILES string of the molecule is CC(C)(O)c1cc(Cl)ccc1Oc1ccccc1.